The third kappa shape index (κ3) is 13.5. The number of halogens is 5. The van der Waals surface area contributed by atoms with Crippen molar-refractivity contribution in [1.82, 2.24) is 34.9 Å². The fourth-order valence-corrected chi connectivity index (χ4v) is 9.13. The van der Waals surface area contributed by atoms with Crippen LogP contribution in [-0.2, 0) is 50.5 Å². The van der Waals surface area contributed by atoms with Crippen LogP contribution in [-0.4, -0.2) is 111 Å². The summed E-state index contributed by atoms with van der Waals surface area (Å²) in [5.74, 6) is -3.50. The predicted octanol–water partition coefficient (Wildman–Crippen LogP) is 8.35. The monoisotopic (exact) mass is 969 g/mol. The quantitative estimate of drug-likeness (QED) is 0.145. The zero-order valence-electron chi connectivity index (χ0n) is 39.2. The molecule has 1 unspecified atom stereocenters. The van der Waals surface area contributed by atoms with E-state index >= 15 is 0 Å². The molecule has 0 aliphatic carbocycles. The number of carbonyl (C=O) groups excluding carboxylic acids is 4. The van der Waals surface area contributed by atoms with Crippen molar-refractivity contribution < 1.29 is 41.8 Å². The van der Waals surface area contributed by atoms with E-state index in [1.54, 1.807) is 61.7 Å². The minimum Gasteiger partial charge on any atom is -0.457 e. The van der Waals surface area contributed by atoms with Gasteiger partial charge in [0.2, 0.25) is 23.6 Å². The fraction of sp³-hybridized carbons (Fsp3) is 0.490. The lowest BCUT2D eigenvalue weighted by molar-refractivity contribution is -0.165. The zero-order chi connectivity index (χ0) is 49.0. The van der Waals surface area contributed by atoms with E-state index in [4.69, 9.17) is 32.7 Å². The number of nitrogens with zero attached hydrogens (tertiary/aromatic N) is 5. The van der Waals surface area contributed by atoms with Crippen LogP contribution in [0.25, 0.3) is 11.3 Å². The molecule has 6 rings (SSSR count). The first-order valence-electron chi connectivity index (χ1n) is 22.3. The molecule has 2 aliphatic rings. The van der Waals surface area contributed by atoms with Crippen LogP contribution in [0, 0.1) is 5.92 Å². The van der Waals surface area contributed by atoms with Gasteiger partial charge in [0.1, 0.15) is 29.4 Å². The predicted molar refractivity (Wildman–Crippen MR) is 250 cm³/mol. The summed E-state index contributed by atoms with van der Waals surface area (Å²) in [6, 6.07) is 16.2. The molecule has 1 aromatic heterocycles. The lowest BCUT2D eigenvalue weighted by Crippen LogP contribution is -2.66. The summed E-state index contributed by atoms with van der Waals surface area (Å²) in [5, 5.41) is 6.75. The number of nitrogens with one attached hydrogen (secondary N) is 2. The van der Waals surface area contributed by atoms with Crippen molar-refractivity contribution in [2.24, 2.45) is 13.0 Å². The molecule has 0 spiro atoms. The summed E-state index contributed by atoms with van der Waals surface area (Å²) in [5.41, 5.74) is 0.966. The number of imidazole rings is 1. The first-order valence-corrected chi connectivity index (χ1v) is 23.1. The van der Waals surface area contributed by atoms with E-state index in [1.165, 1.54) is 17.9 Å². The Morgan fingerprint density at radius 2 is 1.63 bits per heavy atom. The molecule has 2 saturated heterocycles. The Balaban J connectivity index is 1.37. The summed E-state index contributed by atoms with van der Waals surface area (Å²) in [6.45, 7) is 8.76. The maximum Gasteiger partial charge on any atom is 0.389 e. The van der Waals surface area contributed by atoms with Gasteiger partial charge in [0.25, 0.3) is 0 Å². The SMILES string of the molecule is CC(OC(C)(C)C)[C@@H]1NC(=O)[C@H](C)N(Cc2ccc(Cl)cc2Oc2ccc(-c3cnc(CN(C)C)n3C)cc2)C(=O)C[C@@H](CC(F)(F)F)C(=O)N2CCC[C@@](Cc3ccc(Cl)cc3)(C2)NC1=O. The first-order chi connectivity index (χ1) is 31.4. The molecule has 2 aliphatic heterocycles. The average molecular weight is 971 g/mol. The topological polar surface area (TPSA) is 138 Å². The van der Waals surface area contributed by atoms with E-state index < -0.39 is 77.9 Å². The highest BCUT2D eigenvalue weighted by Crippen LogP contribution is 2.35. The Labute approximate surface area is 400 Å². The summed E-state index contributed by atoms with van der Waals surface area (Å²) in [7, 11) is 5.86. The largest absolute Gasteiger partial charge is 0.457 e. The zero-order valence-corrected chi connectivity index (χ0v) is 40.7. The van der Waals surface area contributed by atoms with Crippen LogP contribution < -0.4 is 15.4 Å². The number of benzene rings is 3. The molecule has 3 heterocycles. The van der Waals surface area contributed by atoms with Crippen molar-refractivity contribution >= 4 is 46.8 Å². The van der Waals surface area contributed by atoms with Gasteiger partial charge in [-0.15, -0.1) is 0 Å². The third-order valence-corrected chi connectivity index (χ3v) is 12.5. The second kappa shape index (κ2) is 21.0. The molecule has 5 atom stereocenters. The molecule has 4 amide bonds. The van der Waals surface area contributed by atoms with Gasteiger partial charge in [-0.25, -0.2) is 4.98 Å². The van der Waals surface area contributed by atoms with E-state index in [9.17, 15) is 32.3 Å². The second-order valence-corrected chi connectivity index (χ2v) is 19.9. The van der Waals surface area contributed by atoms with Gasteiger partial charge in [-0.05, 0) is 122 Å². The van der Waals surface area contributed by atoms with Crippen molar-refractivity contribution in [3.8, 4) is 22.8 Å². The molecule has 13 nitrogen and oxygen atoms in total. The Kier molecular flexibility index (Phi) is 16.1. The highest BCUT2D eigenvalue weighted by molar-refractivity contribution is 6.31. The molecule has 2 fully saturated rings. The van der Waals surface area contributed by atoms with Crippen LogP contribution in [0.5, 0.6) is 11.5 Å². The number of amides is 4. The minimum atomic E-state index is -4.82. The van der Waals surface area contributed by atoms with Gasteiger partial charge in [-0.3, -0.25) is 19.2 Å². The highest BCUT2D eigenvalue weighted by Gasteiger charge is 2.46. The van der Waals surface area contributed by atoms with Gasteiger partial charge >= 0.3 is 6.18 Å². The smallest absolute Gasteiger partial charge is 0.389 e. The van der Waals surface area contributed by atoms with Crippen LogP contribution in [0.2, 0.25) is 10.0 Å². The summed E-state index contributed by atoms with van der Waals surface area (Å²) in [4.78, 5) is 67.4. The molecule has 362 valence electrons. The maximum absolute atomic E-state index is 14.7. The number of piperidine rings is 1. The van der Waals surface area contributed by atoms with Gasteiger partial charge < -0.3 is 39.4 Å². The number of rotatable bonds is 12. The maximum atomic E-state index is 14.7. The number of carbonyl (C=O) groups is 4. The number of ether oxygens (including phenoxy) is 2. The molecular weight excluding hydrogens is 910 g/mol. The molecule has 2 bridgehead atoms. The molecule has 0 saturated carbocycles. The van der Waals surface area contributed by atoms with E-state index in [0.717, 1.165) is 27.5 Å². The van der Waals surface area contributed by atoms with Crippen LogP contribution in [0.1, 0.15) is 77.3 Å². The highest BCUT2D eigenvalue weighted by atomic mass is 35.5. The van der Waals surface area contributed by atoms with Crippen LogP contribution in [0.3, 0.4) is 0 Å². The van der Waals surface area contributed by atoms with Crippen molar-refractivity contribution in [3.63, 3.8) is 0 Å². The fourth-order valence-electron chi connectivity index (χ4n) is 8.84. The summed E-state index contributed by atoms with van der Waals surface area (Å²) >= 11 is 12.7. The normalized spacial score (nSPS) is 21.8. The number of alkyl halides is 3. The molecule has 4 aromatic rings. The standard InChI is InChI=1S/C49H60Cl2F3N7O6/c1-30-44(63)56-43(31(2)67-47(3,4)5)45(64)57-48(24-32-10-15-36(50)16-11-32)20-9-21-60(29-48)46(65)35(25-49(52,53)54)22-42(62)61(30)27-34-12-17-37(51)23-40(34)66-38-18-13-33(14-19-38)39-26-55-41(59(39)8)28-58(6)7/h10-19,23,26,30-31,35,43H,9,20-22,24-25,27-29H2,1-8H3,(H,56,63)(H,57,64)/t30-,31?,35-,43-,48+/m0/s1. The molecule has 67 heavy (non-hydrogen) atoms. The van der Waals surface area contributed by atoms with Crippen LogP contribution >= 0.6 is 23.2 Å². The summed E-state index contributed by atoms with van der Waals surface area (Å²) < 4.78 is 57.9. The summed E-state index contributed by atoms with van der Waals surface area (Å²) in [6.07, 6.45) is -5.47. The lowest BCUT2D eigenvalue weighted by Gasteiger charge is -2.46. The number of fused-ring (bicyclic) bond motifs is 2. The Morgan fingerprint density at radius 3 is 2.27 bits per heavy atom. The van der Waals surface area contributed by atoms with E-state index in [2.05, 4.69) is 15.6 Å². The van der Waals surface area contributed by atoms with Gasteiger partial charge in [0.05, 0.1) is 54.6 Å². The minimum absolute atomic E-state index is 0.107. The molecular formula is C49H60Cl2F3N7O6. The van der Waals surface area contributed by atoms with Gasteiger partial charge in [-0.1, -0.05) is 41.4 Å². The molecule has 2 N–H and O–H groups in total. The van der Waals surface area contributed by atoms with Crippen LogP contribution in [0.4, 0.5) is 13.2 Å². The van der Waals surface area contributed by atoms with Gasteiger partial charge in [0, 0.05) is 47.7 Å². The van der Waals surface area contributed by atoms with Crippen LogP contribution in [0.15, 0.2) is 72.9 Å². The van der Waals surface area contributed by atoms with E-state index in [-0.39, 0.29) is 31.8 Å². The number of hydrogen-bond acceptors (Lipinski definition) is 8. The van der Waals surface area contributed by atoms with Gasteiger partial charge in [-0.2, -0.15) is 13.2 Å². The Morgan fingerprint density at radius 1 is 0.955 bits per heavy atom. The first kappa shape index (κ1) is 51.2. The van der Waals surface area contributed by atoms with Crippen molar-refractivity contribution in [2.75, 3.05) is 27.2 Å². The molecule has 0 radical (unpaired) electrons. The molecule has 18 heteroatoms. The average Bonchev–Trinajstić information content (AvgIpc) is 3.59. The second-order valence-electron chi connectivity index (χ2n) is 19.0. The lowest BCUT2D eigenvalue weighted by atomic mass is 9.81. The number of hydrogen-bond donors (Lipinski definition) is 2. The van der Waals surface area contributed by atoms with Crippen molar-refractivity contribution in [3.05, 3.63) is 99.9 Å². The van der Waals surface area contributed by atoms with Gasteiger partial charge in [0.15, 0.2) is 0 Å². The van der Waals surface area contributed by atoms with E-state index in [0.29, 0.717) is 40.7 Å². The molecule has 3 aromatic carbocycles. The van der Waals surface area contributed by atoms with Crippen molar-refractivity contribution in [2.45, 2.75) is 115 Å². The number of aromatic nitrogens is 2. The van der Waals surface area contributed by atoms with E-state index in [1.807, 2.05) is 63.5 Å². The van der Waals surface area contributed by atoms with Crippen molar-refractivity contribution in [1.29, 1.82) is 0 Å². The third-order valence-electron chi connectivity index (χ3n) is 12.0. The Hall–Kier alpha value is -5.16. The Bertz CT molecular complexity index is 2410.